The van der Waals surface area contributed by atoms with E-state index in [2.05, 4.69) is 34.4 Å². The minimum absolute atomic E-state index is 0.164. The molecule has 0 bridgehead atoms. The SMILES string of the molecule is Cc1noc(C)c1C(=O)Nc1ccc(C2CCC(N3CCCC3C)C2)cc1. The van der Waals surface area contributed by atoms with Crippen LogP contribution in [0.25, 0.3) is 0 Å². The molecule has 4 rings (SSSR count). The molecule has 3 unspecified atom stereocenters. The predicted octanol–water partition coefficient (Wildman–Crippen LogP) is 4.66. The summed E-state index contributed by atoms with van der Waals surface area (Å²) in [4.78, 5) is 15.2. The number of hydrogen-bond donors (Lipinski definition) is 1. The van der Waals surface area contributed by atoms with Crippen molar-refractivity contribution < 1.29 is 9.32 Å². The maximum atomic E-state index is 12.5. The van der Waals surface area contributed by atoms with Crippen molar-refractivity contribution in [2.45, 2.75) is 70.9 Å². The van der Waals surface area contributed by atoms with E-state index in [0.717, 1.165) is 17.8 Å². The summed E-state index contributed by atoms with van der Waals surface area (Å²) < 4.78 is 5.09. The molecule has 1 aliphatic heterocycles. The first-order valence-electron chi connectivity index (χ1n) is 10.1. The van der Waals surface area contributed by atoms with Crippen molar-refractivity contribution in [3.63, 3.8) is 0 Å². The Morgan fingerprint density at radius 1 is 1.19 bits per heavy atom. The fourth-order valence-corrected chi connectivity index (χ4v) is 4.90. The molecule has 1 N–H and O–H groups in total. The molecule has 1 saturated carbocycles. The lowest BCUT2D eigenvalue weighted by molar-refractivity contribution is 0.102. The first kappa shape index (κ1) is 18.2. The summed E-state index contributed by atoms with van der Waals surface area (Å²) >= 11 is 0. The Morgan fingerprint density at radius 3 is 2.59 bits per heavy atom. The first-order chi connectivity index (χ1) is 13.0. The van der Waals surface area contributed by atoms with Crippen molar-refractivity contribution in [3.05, 3.63) is 46.8 Å². The summed E-state index contributed by atoms with van der Waals surface area (Å²) in [6, 6.07) is 9.85. The van der Waals surface area contributed by atoms with Gasteiger partial charge in [0.1, 0.15) is 11.3 Å². The Kier molecular flexibility index (Phi) is 5.04. The number of benzene rings is 1. The Morgan fingerprint density at radius 2 is 1.96 bits per heavy atom. The molecular weight excluding hydrogens is 338 g/mol. The maximum absolute atomic E-state index is 12.5. The van der Waals surface area contributed by atoms with Crippen LogP contribution in [-0.4, -0.2) is 34.6 Å². The molecule has 2 heterocycles. The van der Waals surface area contributed by atoms with Gasteiger partial charge >= 0.3 is 0 Å². The van der Waals surface area contributed by atoms with E-state index in [1.807, 2.05) is 12.1 Å². The lowest BCUT2D eigenvalue weighted by atomic mass is 9.97. The summed E-state index contributed by atoms with van der Waals surface area (Å²) in [5, 5.41) is 6.81. The van der Waals surface area contributed by atoms with E-state index in [0.29, 0.717) is 22.9 Å². The third kappa shape index (κ3) is 3.65. The zero-order valence-corrected chi connectivity index (χ0v) is 16.5. The molecule has 1 aliphatic carbocycles. The molecule has 1 aromatic carbocycles. The minimum atomic E-state index is -0.164. The predicted molar refractivity (Wildman–Crippen MR) is 106 cm³/mol. The maximum Gasteiger partial charge on any atom is 0.261 e. The molecule has 2 aliphatic rings. The molecule has 5 heteroatoms. The summed E-state index contributed by atoms with van der Waals surface area (Å²) in [6.45, 7) is 7.18. The lowest BCUT2D eigenvalue weighted by Crippen LogP contribution is -2.35. The summed E-state index contributed by atoms with van der Waals surface area (Å²) in [5.74, 6) is 1.02. The third-order valence-electron chi connectivity index (χ3n) is 6.38. The van der Waals surface area contributed by atoms with Crippen LogP contribution in [-0.2, 0) is 0 Å². The first-order valence-corrected chi connectivity index (χ1v) is 10.1. The van der Waals surface area contributed by atoms with Crippen LogP contribution in [0.5, 0.6) is 0 Å². The number of aromatic nitrogens is 1. The average Bonchev–Trinajstić information content (AvgIpc) is 3.36. The van der Waals surface area contributed by atoms with Gasteiger partial charge in [0.05, 0.1) is 5.69 Å². The van der Waals surface area contributed by atoms with Crippen LogP contribution in [0.4, 0.5) is 5.69 Å². The highest BCUT2D eigenvalue weighted by molar-refractivity contribution is 6.05. The number of carbonyl (C=O) groups is 1. The molecule has 27 heavy (non-hydrogen) atoms. The molecule has 1 aromatic heterocycles. The number of rotatable bonds is 4. The van der Waals surface area contributed by atoms with Gasteiger partial charge in [-0.2, -0.15) is 0 Å². The second kappa shape index (κ2) is 7.47. The topological polar surface area (TPSA) is 58.4 Å². The lowest BCUT2D eigenvalue weighted by Gasteiger charge is -2.28. The average molecular weight is 367 g/mol. The van der Waals surface area contributed by atoms with Crippen molar-refractivity contribution in [2.24, 2.45) is 0 Å². The van der Waals surface area contributed by atoms with Gasteiger partial charge in [-0.25, -0.2) is 0 Å². The fourth-order valence-electron chi connectivity index (χ4n) is 4.90. The van der Waals surface area contributed by atoms with Gasteiger partial charge in [-0.3, -0.25) is 9.69 Å². The number of likely N-dealkylation sites (tertiary alicyclic amines) is 1. The molecule has 3 atom stereocenters. The van der Waals surface area contributed by atoms with Crippen molar-refractivity contribution >= 4 is 11.6 Å². The molecule has 144 valence electrons. The fraction of sp³-hybridized carbons (Fsp3) is 0.545. The van der Waals surface area contributed by atoms with Gasteiger partial charge in [0.15, 0.2) is 0 Å². The van der Waals surface area contributed by atoms with E-state index in [1.165, 1.54) is 44.2 Å². The highest BCUT2D eigenvalue weighted by Crippen LogP contribution is 2.39. The quantitative estimate of drug-likeness (QED) is 0.853. The van der Waals surface area contributed by atoms with Crippen LogP contribution < -0.4 is 5.32 Å². The molecule has 2 aromatic rings. The minimum Gasteiger partial charge on any atom is -0.361 e. The van der Waals surface area contributed by atoms with Gasteiger partial charge in [-0.15, -0.1) is 0 Å². The Hall–Kier alpha value is -2.14. The normalized spacial score (nSPS) is 25.8. The number of aryl methyl sites for hydroxylation is 2. The molecular formula is C22H29N3O2. The van der Waals surface area contributed by atoms with Gasteiger partial charge in [0.2, 0.25) is 0 Å². The smallest absolute Gasteiger partial charge is 0.261 e. The van der Waals surface area contributed by atoms with Crippen LogP contribution in [0.15, 0.2) is 28.8 Å². The number of carbonyl (C=O) groups excluding carboxylic acids is 1. The van der Waals surface area contributed by atoms with Crippen molar-refractivity contribution in [3.8, 4) is 0 Å². The van der Waals surface area contributed by atoms with Crippen molar-refractivity contribution in [2.75, 3.05) is 11.9 Å². The van der Waals surface area contributed by atoms with Gasteiger partial charge in [-0.1, -0.05) is 17.3 Å². The van der Waals surface area contributed by atoms with Crippen LogP contribution in [0.1, 0.15) is 72.3 Å². The molecule has 1 amide bonds. The zero-order chi connectivity index (χ0) is 19.0. The molecule has 0 spiro atoms. The van der Waals surface area contributed by atoms with Crippen molar-refractivity contribution in [1.82, 2.24) is 10.1 Å². The van der Waals surface area contributed by atoms with Crippen LogP contribution in [0.3, 0.4) is 0 Å². The Labute approximate surface area is 161 Å². The summed E-state index contributed by atoms with van der Waals surface area (Å²) in [7, 11) is 0. The summed E-state index contributed by atoms with van der Waals surface area (Å²) in [6.07, 6.45) is 6.52. The number of amides is 1. The standard InChI is InChI=1S/C22H29N3O2/c1-14-5-4-12-25(14)20-11-8-18(13-20)17-6-9-19(10-7-17)23-22(26)21-15(2)24-27-16(21)3/h6-7,9-10,14,18,20H,4-5,8,11-13H2,1-3H3,(H,23,26). The number of nitrogens with zero attached hydrogens (tertiary/aromatic N) is 2. The number of anilines is 1. The Bertz CT molecular complexity index is 792. The number of hydrogen-bond acceptors (Lipinski definition) is 4. The highest BCUT2D eigenvalue weighted by atomic mass is 16.5. The zero-order valence-electron chi connectivity index (χ0n) is 16.5. The largest absolute Gasteiger partial charge is 0.361 e. The van der Waals surface area contributed by atoms with Crippen LogP contribution >= 0.6 is 0 Å². The highest BCUT2D eigenvalue weighted by Gasteiger charge is 2.34. The monoisotopic (exact) mass is 367 g/mol. The second-order valence-corrected chi connectivity index (χ2v) is 8.17. The van der Waals surface area contributed by atoms with Crippen LogP contribution in [0.2, 0.25) is 0 Å². The van der Waals surface area contributed by atoms with Crippen LogP contribution in [0, 0.1) is 13.8 Å². The molecule has 0 radical (unpaired) electrons. The van der Waals surface area contributed by atoms with Crippen molar-refractivity contribution in [1.29, 1.82) is 0 Å². The van der Waals surface area contributed by atoms with E-state index >= 15 is 0 Å². The van der Waals surface area contributed by atoms with Gasteiger partial charge in [0, 0.05) is 17.8 Å². The van der Waals surface area contributed by atoms with Gasteiger partial charge in [-0.05, 0) is 83.0 Å². The van der Waals surface area contributed by atoms with E-state index in [1.54, 1.807) is 13.8 Å². The number of nitrogens with one attached hydrogen (secondary N) is 1. The van der Waals surface area contributed by atoms with E-state index in [-0.39, 0.29) is 5.91 Å². The second-order valence-electron chi connectivity index (χ2n) is 8.17. The van der Waals surface area contributed by atoms with E-state index in [4.69, 9.17) is 4.52 Å². The van der Waals surface area contributed by atoms with Gasteiger partial charge in [0.25, 0.3) is 5.91 Å². The van der Waals surface area contributed by atoms with E-state index < -0.39 is 0 Å². The summed E-state index contributed by atoms with van der Waals surface area (Å²) in [5.41, 5.74) is 3.35. The van der Waals surface area contributed by atoms with E-state index in [9.17, 15) is 4.79 Å². The molecule has 5 nitrogen and oxygen atoms in total. The van der Waals surface area contributed by atoms with Gasteiger partial charge < -0.3 is 9.84 Å². The third-order valence-corrected chi connectivity index (χ3v) is 6.38. The molecule has 1 saturated heterocycles. The molecule has 2 fully saturated rings. The Balaban J connectivity index is 1.39.